The van der Waals surface area contributed by atoms with E-state index in [1.54, 1.807) is 12.1 Å². The average molecular weight is 485 g/mol. The summed E-state index contributed by atoms with van der Waals surface area (Å²) in [6, 6.07) is 13.7. The van der Waals surface area contributed by atoms with Gasteiger partial charge in [-0.3, -0.25) is 4.90 Å². The second-order valence-electron chi connectivity index (χ2n) is 8.17. The molecule has 0 spiro atoms. The van der Waals surface area contributed by atoms with E-state index in [1.807, 2.05) is 40.6 Å². The predicted molar refractivity (Wildman–Crippen MR) is 126 cm³/mol. The fraction of sp³-hybridized carbons (Fsp3) is 0.304. The number of hydrogen-bond donors (Lipinski definition) is 0. The van der Waals surface area contributed by atoms with E-state index in [2.05, 4.69) is 15.0 Å². The van der Waals surface area contributed by atoms with Crippen LogP contribution in [0.15, 0.2) is 53.1 Å². The van der Waals surface area contributed by atoms with E-state index in [-0.39, 0.29) is 11.7 Å². The summed E-state index contributed by atoms with van der Waals surface area (Å²) in [5, 5.41) is 9.48. The summed E-state index contributed by atoms with van der Waals surface area (Å²) < 4.78 is 23.1. The van der Waals surface area contributed by atoms with E-state index in [1.165, 1.54) is 12.1 Å². The van der Waals surface area contributed by atoms with E-state index in [0.717, 1.165) is 42.9 Å². The summed E-state index contributed by atoms with van der Waals surface area (Å²) in [5.74, 6) is 1.62. The molecule has 2 aromatic carbocycles. The molecule has 7 nitrogen and oxygen atoms in total. The number of hydrogen-bond acceptors (Lipinski definition) is 6. The van der Waals surface area contributed by atoms with E-state index >= 15 is 0 Å². The largest absolute Gasteiger partial charge is 0.339 e. The lowest BCUT2D eigenvalue weighted by Gasteiger charge is -2.30. The van der Waals surface area contributed by atoms with Gasteiger partial charge in [-0.05, 0) is 68.0 Å². The maximum atomic E-state index is 13.2. The molecule has 1 aliphatic heterocycles. The maximum absolute atomic E-state index is 13.2. The Morgan fingerprint density at radius 3 is 2.76 bits per heavy atom. The van der Waals surface area contributed by atoms with E-state index in [4.69, 9.17) is 33.4 Å². The predicted octanol–water partition coefficient (Wildman–Crippen LogP) is 5.30. The van der Waals surface area contributed by atoms with Gasteiger partial charge in [0, 0.05) is 24.7 Å². The van der Waals surface area contributed by atoms with Gasteiger partial charge >= 0.3 is 0 Å². The first-order valence-electron chi connectivity index (χ1n) is 10.7. The molecule has 0 N–H and O–H groups in total. The highest BCUT2D eigenvalue weighted by molar-refractivity contribution is 7.71. The van der Waals surface area contributed by atoms with Gasteiger partial charge in [0.05, 0.1) is 17.6 Å². The van der Waals surface area contributed by atoms with Gasteiger partial charge in [-0.2, -0.15) is 10.1 Å². The Morgan fingerprint density at radius 1 is 1.18 bits per heavy atom. The van der Waals surface area contributed by atoms with Gasteiger partial charge in [-0.15, -0.1) is 0 Å². The number of piperidine rings is 1. The van der Waals surface area contributed by atoms with Crippen molar-refractivity contribution in [3.05, 3.63) is 70.0 Å². The molecule has 0 amide bonds. The van der Waals surface area contributed by atoms with E-state index in [9.17, 15) is 4.39 Å². The Labute approximate surface area is 200 Å². The summed E-state index contributed by atoms with van der Waals surface area (Å²) >= 11 is 12.0. The van der Waals surface area contributed by atoms with Gasteiger partial charge in [0.1, 0.15) is 5.82 Å². The van der Waals surface area contributed by atoms with Crippen molar-refractivity contribution in [2.24, 2.45) is 7.05 Å². The maximum Gasteiger partial charge on any atom is 0.231 e. The molecule has 0 bridgehead atoms. The Morgan fingerprint density at radius 2 is 1.97 bits per heavy atom. The second-order valence-corrected chi connectivity index (χ2v) is 8.94. The zero-order valence-corrected chi connectivity index (χ0v) is 19.6. The fourth-order valence-electron chi connectivity index (χ4n) is 4.15. The molecule has 0 saturated carbocycles. The fourth-order valence-corrected chi connectivity index (χ4v) is 4.55. The molecular formula is C23H22ClFN6OS. The standard InChI is InChI=1S/C23H22ClFN6OS/c1-29-21(18-6-2-3-7-19(18)24)27-31(23(29)33)14-30-12-4-5-16(13-30)22-26-20(28-32-22)15-8-10-17(25)11-9-15/h2-3,6-11,16H,4-5,12-14H2,1H3/t16-/m0/s1. The van der Waals surface area contributed by atoms with Crippen molar-refractivity contribution in [2.45, 2.75) is 25.4 Å². The van der Waals surface area contributed by atoms with Crippen LogP contribution in [0.3, 0.4) is 0 Å². The molecule has 10 heteroatoms. The Balaban J connectivity index is 1.32. The summed E-state index contributed by atoms with van der Waals surface area (Å²) in [6.07, 6.45) is 1.95. The zero-order valence-electron chi connectivity index (χ0n) is 18.0. The van der Waals surface area contributed by atoms with Crippen molar-refractivity contribution in [2.75, 3.05) is 13.1 Å². The minimum atomic E-state index is -0.295. The van der Waals surface area contributed by atoms with E-state index in [0.29, 0.717) is 28.2 Å². The Hall–Kier alpha value is -2.88. The third kappa shape index (κ3) is 4.48. The average Bonchev–Trinajstić information content (AvgIpc) is 3.42. The number of likely N-dealkylation sites (tertiary alicyclic amines) is 1. The quantitative estimate of drug-likeness (QED) is 0.358. The molecule has 0 unspecified atom stereocenters. The van der Waals surface area contributed by atoms with Crippen LogP contribution in [-0.4, -0.2) is 42.5 Å². The number of benzene rings is 2. The molecule has 1 saturated heterocycles. The summed E-state index contributed by atoms with van der Waals surface area (Å²) in [7, 11) is 1.90. The lowest BCUT2D eigenvalue weighted by molar-refractivity contribution is 0.143. The first kappa shape index (κ1) is 21.9. The molecule has 1 atom stereocenters. The normalized spacial score (nSPS) is 16.9. The molecule has 170 valence electrons. The molecule has 0 aliphatic carbocycles. The molecule has 1 aliphatic rings. The van der Waals surface area contributed by atoms with Gasteiger partial charge in [0.2, 0.25) is 11.7 Å². The smallest absolute Gasteiger partial charge is 0.231 e. The van der Waals surface area contributed by atoms with Crippen LogP contribution in [0.1, 0.15) is 24.7 Å². The van der Waals surface area contributed by atoms with Crippen molar-refractivity contribution in [1.82, 2.24) is 29.4 Å². The highest BCUT2D eigenvalue weighted by Gasteiger charge is 2.27. The monoisotopic (exact) mass is 484 g/mol. The van der Waals surface area contributed by atoms with Crippen LogP contribution in [0.4, 0.5) is 4.39 Å². The van der Waals surface area contributed by atoms with Crippen molar-refractivity contribution in [3.63, 3.8) is 0 Å². The van der Waals surface area contributed by atoms with Crippen molar-refractivity contribution >= 4 is 23.8 Å². The van der Waals surface area contributed by atoms with Gasteiger partial charge in [0.15, 0.2) is 10.6 Å². The number of halogens is 2. The minimum absolute atomic E-state index is 0.112. The third-order valence-electron chi connectivity index (χ3n) is 5.89. The second kappa shape index (κ2) is 9.17. The topological polar surface area (TPSA) is 64.9 Å². The van der Waals surface area contributed by atoms with E-state index < -0.39 is 0 Å². The van der Waals surface area contributed by atoms with Crippen LogP contribution in [0.2, 0.25) is 5.02 Å². The van der Waals surface area contributed by atoms with Crippen molar-refractivity contribution < 1.29 is 8.91 Å². The third-order valence-corrected chi connectivity index (χ3v) is 6.70. The first-order chi connectivity index (χ1) is 16.0. The molecule has 33 heavy (non-hydrogen) atoms. The minimum Gasteiger partial charge on any atom is -0.339 e. The van der Waals surface area contributed by atoms with Gasteiger partial charge in [-0.25, -0.2) is 9.07 Å². The highest BCUT2D eigenvalue weighted by Crippen LogP contribution is 2.29. The lowest BCUT2D eigenvalue weighted by Crippen LogP contribution is -2.36. The SMILES string of the molecule is Cn1c(-c2ccccc2Cl)nn(CN2CCC[C@H](c3nc(-c4ccc(F)cc4)no3)C2)c1=S. The molecule has 4 aromatic rings. The van der Waals surface area contributed by atoms with Crippen LogP contribution in [-0.2, 0) is 13.7 Å². The van der Waals surface area contributed by atoms with Gasteiger partial charge < -0.3 is 9.09 Å². The molecule has 3 heterocycles. The lowest BCUT2D eigenvalue weighted by atomic mass is 9.98. The van der Waals surface area contributed by atoms with Crippen molar-refractivity contribution in [1.29, 1.82) is 0 Å². The van der Waals surface area contributed by atoms with Crippen LogP contribution >= 0.6 is 23.8 Å². The summed E-state index contributed by atoms with van der Waals surface area (Å²) in [4.78, 5) is 6.86. The summed E-state index contributed by atoms with van der Waals surface area (Å²) in [6.45, 7) is 2.24. The molecular weight excluding hydrogens is 463 g/mol. The first-order valence-corrected chi connectivity index (χ1v) is 11.5. The van der Waals surface area contributed by atoms with Gasteiger partial charge in [0.25, 0.3) is 0 Å². The highest BCUT2D eigenvalue weighted by atomic mass is 35.5. The Bertz CT molecular complexity index is 1330. The zero-order chi connectivity index (χ0) is 22.9. The number of nitrogens with zero attached hydrogens (tertiary/aromatic N) is 6. The summed E-state index contributed by atoms with van der Waals surface area (Å²) in [5.41, 5.74) is 1.58. The molecule has 1 fully saturated rings. The number of aromatic nitrogens is 5. The van der Waals surface area contributed by atoms with Crippen molar-refractivity contribution in [3.8, 4) is 22.8 Å². The van der Waals surface area contributed by atoms with Gasteiger partial charge in [-0.1, -0.05) is 28.9 Å². The molecule has 2 aromatic heterocycles. The number of rotatable bonds is 5. The molecule has 5 rings (SSSR count). The van der Waals surface area contributed by atoms with Crippen LogP contribution in [0.5, 0.6) is 0 Å². The van der Waals surface area contributed by atoms with Crippen LogP contribution in [0, 0.1) is 10.6 Å². The molecule has 0 radical (unpaired) electrons. The Kier molecular flexibility index (Phi) is 6.09. The van der Waals surface area contributed by atoms with Crippen LogP contribution in [0.25, 0.3) is 22.8 Å². The van der Waals surface area contributed by atoms with Crippen LogP contribution < -0.4 is 0 Å².